The Morgan fingerprint density at radius 3 is 2.62 bits per heavy atom. The monoisotopic (exact) mass is 390 g/mol. The molecule has 1 unspecified atom stereocenters. The van der Waals surface area contributed by atoms with Gasteiger partial charge in [0.05, 0.1) is 17.6 Å². The van der Waals surface area contributed by atoms with Gasteiger partial charge in [-0.25, -0.2) is 9.69 Å². The first-order valence-electron chi connectivity index (χ1n) is 10.1. The summed E-state index contributed by atoms with van der Waals surface area (Å²) in [5.74, 6) is 1.61. The van der Waals surface area contributed by atoms with Crippen molar-refractivity contribution in [2.45, 2.75) is 38.8 Å². The second-order valence-corrected chi connectivity index (χ2v) is 7.74. The Bertz CT molecular complexity index is 950. The summed E-state index contributed by atoms with van der Waals surface area (Å²) in [7, 11) is 0. The number of carbonyl (C=O) groups is 1. The molecule has 1 aliphatic rings. The van der Waals surface area contributed by atoms with Gasteiger partial charge in [-0.2, -0.15) is 0 Å². The summed E-state index contributed by atoms with van der Waals surface area (Å²) in [6.45, 7) is 2.79. The van der Waals surface area contributed by atoms with E-state index >= 15 is 0 Å². The quantitative estimate of drug-likeness (QED) is 0.492. The molecule has 0 bridgehead atoms. The van der Waals surface area contributed by atoms with Gasteiger partial charge in [-0.15, -0.1) is 0 Å². The maximum atomic E-state index is 12.1. The Morgan fingerprint density at radius 1 is 1.17 bits per heavy atom. The molecule has 1 amide bonds. The lowest BCUT2D eigenvalue weighted by molar-refractivity contribution is 0.204. The minimum absolute atomic E-state index is 0.387. The molecule has 1 heterocycles. The van der Waals surface area contributed by atoms with Gasteiger partial charge >= 0.3 is 6.09 Å². The summed E-state index contributed by atoms with van der Waals surface area (Å²) < 4.78 is 5.54. The molecule has 4 rings (SSSR count). The third-order valence-corrected chi connectivity index (χ3v) is 5.36. The molecule has 2 aromatic carbocycles. The van der Waals surface area contributed by atoms with Crippen LogP contribution in [0.3, 0.4) is 0 Å². The highest BCUT2D eigenvalue weighted by atomic mass is 16.4. The van der Waals surface area contributed by atoms with Crippen molar-refractivity contribution in [3.63, 3.8) is 0 Å². The lowest BCUT2D eigenvalue weighted by Crippen LogP contribution is -2.29. The topological polar surface area (TPSA) is 65.7 Å². The third-order valence-electron chi connectivity index (χ3n) is 5.36. The minimum atomic E-state index is -1.01. The second-order valence-electron chi connectivity index (χ2n) is 7.74. The Hall–Kier alpha value is -3.05. The molecule has 1 atom stereocenters. The summed E-state index contributed by atoms with van der Waals surface area (Å²) in [5.41, 5.74) is 3.14. The van der Waals surface area contributed by atoms with E-state index in [9.17, 15) is 9.90 Å². The van der Waals surface area contributed by atoms with Crippen LogP contribution in [0.5, 0.6) is 0 Å². The van der Waals surface area contributed by atoms with E-state index in [-0.39, 0.29) is 0 Å². The number of carboxylic acid groups (broad SMARTS) is 1. The first-order chi connectivity index (χ1) is 14.1. The van der Waals surface area contributed by atoms with Gasteiger partial charge in [0.1, 0.15) is 5.76 Å². The average Bonchev–Trinajstić information content (AvgIpc) is 3.36. The normalized spacial score (nSPS) is 14.5. The lowest BCUT2D eigenvalue weighted by Gasteiger charge is -2.24. The summed E-state index contributed by atoms with van der Waals surface area (Å²) in [4.78, 5) is 13.5. The van der Waals surface area contributed by atoms with Crippen molar-refractivity contribution in [2.75, 3.05) is 4.90 Å². The molecule has 5 nitrogen and oxygen atoms in total. The van der Waals surface area contributed by atoms with Crippen molar-refractivity contribution in [3.05, 3.63) is 72.5 Å². The van der Waals surface area contributed by atoms with Crippen molar-refractivity contribution < 1.29 is 14.3 Å². The highest BCUT2D eigenvalue weighted by Crippen LogP contribution is 2.35. The summed E-state index contributed by atoms with van der Waals surface area (Å²) >= 11 is 0. The van der Waals surface area contributed by atoms with Crippen molar-refractivity contribution in [3.8, 4) is 11.3 Å². The Morgan fingerprint density at radius 2 is 1.97 bits per heavy atom. The maximum absolute atomic E-state index is 12.1. The molecule has 3 aromatic rings. The molecule has 0 aliphatic heterocycles. The molecule has 150 valence electrons. The zero-order valence-electron chi connectivity index (χ0n) is 16.5. The van der Waals surface area contributed by atoms with Gasteiger partial charge in [0.25, 0.3) is 0 Å². The first kappa shape index (κ1) is 19.3. The number of amides is 1. The maximum Gasteiger partial charge on any atom is 0.416 e. The van der Waals surface area contributed by atoms with Crippen LogP contribution in [0.1, 0.15) is 31.7 Å². The summed E-state index contributed by atoms with van der Waals surface area (Å²) in [6.07, 6.45) is 4.45. The van der Waals surface area contributed by atoms with Crippen LogP contribution in [0.2, 0.25) is 0 Å². The predicted octanol–water partition coefficient (Wildman–Crippen LogP) is 6.04. The molecular weight excluding hydrogens is 364 g/mol. The molecule has 2 N–H and O–H groups in total. The highest BCUT2D eigenvalue weighted by molar-refractivity contribution is 5.96. The highest BCUT2D eigenvalue weighted by Gasteiger charge is 2.24. The van der Waals surface area contributed by atoms with Crippen LogP contribution in [-0.4, -0.2) is 17.2 Å². The molecule has 0 spiro atoms. The molecule has 0 saturated heterocycles. The number of nitrogens with zero attached hydrogens (tertiary/aromatic N) is 1. The Labute approximate surface area is 171 Å². The minimum Gasteiger partial charge on any atom is -0.464 e. The van der Waals surface area contributed by atoms with Gasteiger partial charge in [-0.05, 0) is 67.3 Å². The van der Waals surface area contributed by atoms with Gasteiger partial charge in [-0.1, -0.05) is 31.0 Å². The number of hydrogen-bond donors (Lipinski definition) is 2. The van der Waals surface area contributed by atoms with E-state index in [4.69, 9.17) is 4.42 Å². The van der Waals surface area contributed by atoms with Gasteiger partial charge in [0, 0.05) is 18.2 Å². The largest absolute Gasteiger partial charge is 0.464 e. The van der Waals surface area contributed by atoms with E-state index < -0.39 is 6.09 Å². The number of furan rings is 1. The average molecular weight is 390 g/mol. The standard InChI is InChI=1S/C24H26N2O3/c1-17(14-18-9-10-18)25-16-20-15-19(23-8-5-13-29-23)11-12-22(20)26(24(27)28)21-6-3-2-4-7-21/h2-8,11-13,15,17-18,25H,9-10,14,16H2,1H3,(H,27,28). The number of anilines is 2. The van der Waals surface area contributed by atoms with Crippen LogP contribution in [-0.2, 0) is 6.54 Å². The van der Waals surface area contributed by atoms with E-state index in [0.29, 0.717) is 24.0 Å². The molecule has 29 heavy (non-hydrogen) atoms. The first-order valence-corrected chi connectivity index (χ1v) is 10.1. The summed E-state index contributed by atoms with van der Waals surface area (Å²) in [6, 6.07) is 19.1. The van der Waals surface area contributed by atoms with Gasteiger partial charge in [0.15, 0.2) is 0 Å². The van der Waals surface area contributed by atoms with Crippen molar-refractivity contribution in [1.82, 2.24) is 5.32 Å². The van der Waals surface area contributed by atoms with E-state index in [1.54, 1.807) is 6.26 Å². The smallest absolute Gasteiger partial charge is 0.416 e. The van der Waals surface area contributed by atoms with Gasteiger partial charge < -0.3 is 14.8 Å². The van der Waals surface area contributed by atoms with Crippen molar-refractivity contribution >= 4 is 17.5 Å². The second kappa shape index (κ2) is 8.53. The van der Waals surface area contributed by atoms with Gasteiger partial charge in [-0.3, -0.25) is 0 Å². The molecule has 1 saturated carbocycles. The lowest BCUT2D eigenvalue weighted by atomic mass is 10.0. The molecule has 0 radical (unpaired) electrons. The molecule has 1 aliphatic carbocycles. The Balaban J connectivity index is 1.67. The van der Waals surface area contributed by atoms with Crippen LogP contribution in [0.4, 0.5) is 16.2 Å². The van der Waals surface area contributed by atoms with Crippen LogP contribution in [0, 0.1) is 5.92 Å². The number of para-hydroxylation sites is 1. The van der Waals surface area contributed by atoms with E-state index in [1.807, 2.05) is 60.7 Å². The van der Waals surface area contributed by atoms with Crippen LogP contribution in [0.25, 0.3) is 11.3 Å². The number of rotatable bonds is 8. The van der Waals surface area contributed by atoms with Crippen LogP contribution >= 0.6 is 0 Å². The number of benzene rings is 2. The molecule has 1 aromatic heterocycles. The fraction of sp³-hybridized carbons (Fsp3) is 0.292. The van der Waals surface area contributed by atoms with Gasteiger partial charge in [0.2, 0.25) is 0 Å². The van der Waals surface area contributed by atoms with E-state index in [1.165, 1.54) is 17.7 Å². The third kappa shape index (κ3) is 4.69. The molecular formula is C24H26N2O3. The molecule has 5 heteroatoms. The van der Waals surface area contributed by atoms with Crippen LogP contribution < -0.4 is 10.2 Å². The van der Waals surface area contributed by atoms with E-state index in [2.05, 4.69) is 12.2 Å². The van der Waals surface area contributed by atoms with E-state index in [0.717, 1.165) is 29.2 Å². The predicted molar refractivity (Wildman–Crippen MR) is 114 cm³/mol. The van der Waals surface area contributed by atoms with Crippen molar-refractivity contribution in [1.29, 1.82) is 0 Å². The Kier molecular flexibility index (Phi) is 5.67. The zero-order valence-corrected chi connectivity index (χ0v) is 16.5. The SMILES string of the molecule is CC(CC1CC1)NCc1cc(-c2ccco2)ccc1N(C(=O)O)c1ccccc1. The molecule has 1 fully saturated rings. The van der Waals surface area contributed by atoms with Crippen LogP contribution in [0.15, 0.2) is 71.3 Å². The number of hydrogen-bond acceptors (Lipinski definition) is 3. The summed E-state index contributed by atoms with van der Waals surface area (Å²) in [5, 5.41) is 13.5. The fourth-order valence-electron chi connectivity index (χ4n) is 3.69. The fourth-order valence-corrected chi connectivity index (χ4v) is 3.69. The van der Waals surface area contributed by atoms with Crippen molar-refractivity contribution in [2.24, 2.45) is 5.92 Å². The number of nitrogens with one attached hydrogen (secondary N) is 1. The zero-order chi connectivity index (χ0) is 20.2.